The maximum atomic E-state index is 11.3. The summed E-state index contributed by atoms with van der Waals surface area (Å²) in [5.41, 5.74) is 4.33. The SMILES string of the molecule is O=C([O-])C[CH2][Ge]([c]1ccccc1)([c]1ccccc1)[c]1ccccc1.c1ccc(N2Cc3cccc[c]3[Bi+][c]3ccccc3C2)cc1. The van der Waals surface area contributed by atoms with Gasteiger partial charge in [-0.3, -0.25) is 0 Å². The zero-order valence-electron chi connectivity index (χ0n) is 25.7. The Kier molecular flexibility index (Phi) is 10.8. The van der Waals surface area contributed by atoms with Gasteiger partial charge < -0.3 is 0 Å². The normalized spacial score (nSPS) is 12.4. The van der Waals surface area contributed by atoms with E-state index in [4.69, 9.17) is 0 Å². The summed E-state index contributed by atoms with van der Waals surface area (Å²) in [6.07, 6.45) is 0.0820. The third kappa shape index (κ3) is 7.52. The van der Waals surface area contributed by atoms with Crippen LogP contribution in [0.15, 0.2) is 170 Å². The summed E-state index contributed by atoms with van der Waals surface area (Å²) in [4.78, 5) is 13.8. The molecule has 0 N–H and O–H groups in total. The molecular weight excluding hydrogens is 820 g/mol. The molecule has 0 saturated carbocycles. The predicted molar refractivity (Wildman–Crippen MR) is 193 cm³/mol. The first kappa shape index (κ1) is 32.0. The minimum absolute atomic E-state index is 0.0820. The zero-order chi connectivity index (χ0) is 31.6. The molecule has 7 rings (SSSR count). The molecule has 1 aliphatic rings. The van der Waals surface area contributed by atoms with Crippen molar-refractivity contribution in [1.29, 1.82) is 0 Å². The quantitative estimate of drug-likeness (QED) is 0.227. The molecule has 6 aromatic rings. The molecule has 46 heavy (non-hydrogen) atoms. The van der Waals surface area contributed by atoms with E-state index in [1.54, 1.807) is 6.54 Å². The molecule has 1 aliphatic heterocycles. The molecule has 0 spiro atoms. The van der Waals surface area contributed by atoms with Crippen molar-refractivity contribution in [2.24, 2.45) is 0 Å². The van der Waals surface area contributed by atoms with Crippen molar-refractivity contribution in [2.75, 3.05) is 4.90 Å². The average Bonchev–Trinajstić information content (AvgIpc) is 3.11. The molecule has 0 fully saturated rings. The van der Waals surface area contributed by atoms with E-state index in [0.717, 1.165) is 13.1 Å². The Morgan fingerprint density at radius 3 is 1.33 bits per heavy atom. The van der Waals surface area contributed by atoms with Gasteiger partial charge in [0.2, 0.25) is 0 Å². The van der Waals surface area contributed by atoms with E-state index in [0.29, 0.717) is 5.25 Å². The van der Waals surface area contributed by atoms with Gasteiger partial charge in [-0.15, -0.1) is 0 Å². The summed E-state index contributed by atoms with van der Waals surface area (Å²) in [5, 5.41) is 11.9. The van der Waals surface area contributed by atoms with Gasteiger partial charge in [0.25, 0.3) is 0 Å². The van der Waals surface area contributed by atoms with Gasteiger partial charge in [-0.1, -0.05) is 0 Å². The molecule has 0 aliphatic carbocycles. The number of carboxylic acid groups (broad SMARTS) is 1. The summed E-state index contributed by atoms with van der Waals surface area (Å²) in [6, 6.07) is 60.0. The number of hydrogen-bond acceptors (Lipinski definition) is 3. The molecule has 3 nitrogen and oxygen atoms in total. The van der Waals surface area contributed by atoms with Gasteiger partial charge in [0.05, 0.1) is 0 Å². The molecule has 5 heteroatoms. The number of carbonyl (C=O) groups is 1. The third-order valence-electron chi connectivity index (χ3n) is 8.57. The number of anilines is 1. The van der Waals surface area contributed by atoms with E-state index in [1.165, 1.54) is 30.0 Å². The first-order valence-electron chi connectivity index (χ1n) is 15.7. The Balaban J connectivity index is 0.000000162. The van der Waals surface area contributed by atoms with Crippen LogP contribution in [0.1, 0.15) is 17.5 Å². The van der Waals surface area contributed by atoms with Crippen LogP contribution in [0.2, 0.25) is 5.25 Å². The van der Waals surface area contributed by atoms with Crippen molar-refractivity contribution in [3.8, 4) is 0 Å². The molecule has 0 atom stereocenters. The van der Waals surface area contributed by atoms with E-state index in [9.17, 15) is 9.90 Å². The Morgan fingerprint density at radius 2 is 0.913 bits per heavy atom. The number of aliphatic carboxylic acids is 1. The van der Waals surface area contributed by atoms with Gasteiger partial charge in [0.15, 0.2) is 0 Å². The molecular formula is C41H36BiGeNO2. The summed E-state index contributed by atoms with van der Waals surface area (Å²) in [5.74, 6) is -0.979. The Morgan fingerprint density at radius 1 is 0.543 bits per heavy atom. The van der Waals surface area contributed by atoms with Crippen LogP contribution in [0.25, 0.3) is 0 Å². The number of rotatable bonds is 7. The first-order chi connectivity index (χ1) is 22.6. The molecule has 0 aromatic heterocycles. The number of fused-ring (bicyclic) bond motifs is 2. The number of para-hydroxylation sites is 1. The Labute approximate surface area is 286 Å². The van der Waals surface area contributed by atoms with Crippen LogP contribution in [0, 0.1) is 0 Å². The summed E-state index contributed by atoms with van der Waals surface area (Å²) >= 11 is -3.88. The molecule has 2 radical (unpaired) electrons. The van der Waals surface area contributed by atoms with Crippen LogP contribution in [-0.2, 0) is 17.9 Å². The van der Waals surface area contributed by atoms with E-state index in [2.05, 4.69) is 120 Å². The van der Waals surface area contributed by atoms with Gasteiger partial charge in [-0.25, -0.2) is 0 Å². The van der Waals surface area contributed by atoms with Crippen molar-refractivity contribution in [2.45, 2.75) is 24.8 Å². The minimum atomic E-state index is -3.07. The van der Waals surface area contributed by atoms with E-state index in [1.807, 2.05) is 54.6 Å². The molecule has 1 heterocycles. The fourth-order valence-electron chi connectivity index (χ4n) is 6.32. The molecule has 0 saturated heterocycles. The predicted octanol–water partition coefficient (Wildman–Crippen LogP) is 4.16. The van der Waals surface area contributed by atoms with Crippen molar-refractivity contribution >= 4 is 67.9 Å². The van der Waals surface area contributed by atoms with Gasteiger partial charge in [-0.05, 0) is 0 Å². The summed E-state index contributed by atoms with van der Waals surface area (Å²) < 4.78 is 7.06. The molecule has 226 valence electrons. The topological polar surface area (TPSA) is 43.4 Å². The number of hydrogen-bond donors (Lipinski definition) is 0. The Hall–Kier alpha value is -3.98. The first-order valence-corrected chi connectivity index (χ1v) is 23.8. The van der Waals surface area contributed by atoms with E-state index in [-0.39, 0.29) is 6.42 Å². The standard InChI is InChI=1S/C21H20GeO2.C20H17N.Bi/c23-21(24)16-17-22(18-10-4-1-5-11-18,19-12-6-2-7-13-19)20-14-8-3-9-15-20;1-4-10-18(11-5-1)16-21(20-14-8-3-9-15-20)17-19-12-6-2-7-13-19;/h1-15H,16-17H2,(H,23,24);1-10,12,14-15H,16-17H2;/q;;+1/p-1. The second-order valence-electron chi connectivity index (χ2n) is 11.4. The summed E-state index contributed by atoms with van der Waals surface area (Å²) in [7, 11) is 0. The molecule has 6 aromatic carbocycles. The van der Waals surface area contributed by atoms with Crippen LogP contribution in [0.4, 0.5) is 5.69 Å². The van der Waals surface area contributed by atoms with Crippen LogP contribution in [0.5, 0.6) is 0 Å². The fraction of sp³-hybridized carbons (Fsp3) is 0.0976. The van der Waals surface area contributed by atoms with Gasteiger partial charge in [0.1, 0.15) is 0 Å². The monoisotopic (exact) mass is 857 g/mol. The second-order valence-corrected chi connectivity index (χ2v) is 24.5. The molecule has 0 bridgehead atoms. The van der Waals surface area contributed by atoms with E-state index < -0.39 is 42.5 Å². The molecule has 0 unspecified atom stereocenters. The maximum absolute atomic E-state index is 11.3. The average molecular weight is 856 g/mol. The number of benzene rings is 6. The van der Waals surface area contributed by atoms with Crippen LogP contribution < -0.4 is 29.7 Å². The number of carbonyl (C=O) groups excluding carboxylic acids is 1. The van der Waals surface area contributed by atoms with Crippen molar-refractivity contribution < 1.29 is 9.90 Å². The molecule has 0 amide bonds. The Bertz CT molecular complexity index is 1710. The van der Waals surface area contributed by atoms with Crippen LogP contribution >= 0.6 is 0 Å². The van der Waals surface area contributed by atoms with Crippen LogP contribution in [-0.4, -0.2) is 42.5 Å². The zero-order valence-corrected chi connectivity index (χ0v) is 31.3. The number of nitrogens with zero attached hydrogens (tertiary/aromatic N) is 1. The van der Waals surface area contributed by atoms with Crippen LogP contribution in [0.3, 0.4) is 0 Å². The van der Waals surface area contributed by atoms with Crippen molar-refractivity contribution in [3.63, 3.8) is 0 Å². The van der Waals surface area contributed by atoms with Gasteiger partial charge in [0, 0.05) is 0 Å². The number of carboxylic acids is 1. The van der Waals surface area contributed by atoms with Gasteiger partial charge >= 0.3 is 288 Å². The fourth-order valence-corrected chi connectivity index (χ4v) is 20.7. The van der Waals surface area contributed by atoms with Crippen molar-refractivity contribution in [3.05, 3.63) is 181 Å². The second kappa shape index (κ2) is 15.5. The van der Waals surface area contributed by atoms with Crippen molar-refractivity contribution in [1.82, 2.24) is 0 Å². The van der Waals surface area contributed by atoms with Gasteiger partial charge in [-0.2, -0.15) is 0 Å². The summed E-state index contributed by atoms with van der Waals surface area (Å²) in [6.45, 7) is 2.02. The van der Waals surface area contributed by atoms with E-state index >= 15 is 0 Å². The third-order valence-corrected chi connectivity index (χ3v) is 24.2.